The summed E-state index contributed by atoms with van der Waals surface area (Å²) in [5.74, 6) is 1.00. The number of fused-ring (bicyclic) bond motifs is 1. The Balaban J connectivity index is 1.93. The van der Waals surface area contributed by atoms with Gasteiger partial charge in [-0.15, -0.1) is 0 Å². The molecule has 0 fully saturated rings. The Bertz CT molecular complexity index is 952. The molecule has 0 saturated carbocycles. The molecule has 0 amide bonds. The van der Waals surface area contributed by atoms with Crippen molar-refractivity contribution >= 4 is 11.6 Å². The van der Waals surface area contributed by atoms with E-state index in [0.29, 0.717) is 29.1 Å². The van der Waals surface area contributed by atoms with Gasteiger partial charge in [-0.2, -0.15) is 10.4 Å². The number of benzene rings is 1. The van der Waals surface area contributed by atoms with Crippen LogP contribution < -0.4 is 10.1 Å². The largest absolute Gasteiger partial charge is 0.504 e. The summed E-state index contributed by atoms with van der Waals surface area (Å²) in [6.07, 6.45) is 3.50. The van der Waals surface area contributed by atoms with Gasteiger partial charge in [0, 0.05) is 17.7 Å². The normalized spacial score (nSPS) is 18.9. The number of carbonyl (C=O) groups is 1. The standard InChI is InChI=1S/C18H16N4O3/c1-25-15-6-5-10(7-14(15)24)17-16-12(3-2-4-13(16)23)21-18-11(8-19)9-20-22(17)18/h5-7,9,17,21,24H,2-4H2,1H3. The third kappa shape index (κ3) is 2.26. The number of phenols is 1. The molecule has 1 aliphatic heterocycles. The second kappa shape index (κ2) is 5.67. The van der Waals surface area contributed by atoms with Crippen molar-refractivity contribution in [1.82, 2.24) is 9.78 Å². The molecule has 2 aromatic rings. The number of allylic oxidation sites excluding steroid dienone is 2. The van der Waals surface area contributed by atoms with Gasteiger partial charge in [0.05, 0.1) is 13.3 Å². The molecule has 7 nitrogen and oxygen atoms in total. The quantitative estimate of drug-likeness (QED) is 0.874. The smallest absolute Gasteiger partial charge is 0.163 e. The van der Waals surface area contributed by atoms with Gasteiger partial charge >= 0.3 is 0 Å². The zero-order valence-corrected chi connectivity index (χ0v) is 13.6. The number of hydrogen-bond donors (Lipinski definition) is 2. The predicted molar refractivity (Wildman–Crippen MR) is 89.2 cm³/mol. The first-order valence-electron chi connectivity index (χ1n) is 8.01. The molecule has 1 aliphatic carbocycles. The van der Waals surface area contributed by atoms with Gasteiger partial charge in [0.15, 0.2) is 17.3 Å². The molecule has 1 aromatic carbocycles. The van der Waals surface area contributed by atoms with Crippen molar-refractivity contribution in [3.8, 4) is 17.6 Å². The number of aromatic hydroxyl groups is 1. The maximum atomic E-state index is 12.6. The number of carbonyl (C=O) groups excluding carboxylic acids is 1. The van der Waals surface area contributed by atoms with E-state index >= 15 is 0 Å². The SMILES string of the molecule is COc1ccc(C2C3=C(CCCC3=O)Nc3c(C#N)cnn32)cc1O. The Labute approximate surface area is 144 Å². The molecule has 1 atom stereocenters. The van der Waals surface area contributed by atoms with E-state index in [-0.39, 0.29) is 11.5 Å². The summed E-state index contributed by atoms with van der Waals surface area (Å²) in [7, 11) is 1.48. The lowest BCUT2D eigenvalue weighted by molar-refractivity contribution is -0.116. The number of nitrogens with one attached hydrogen (secondary N) is 1. The fourth-order valence-corrected chi connectivity index (χ4v) is 3.53. The Morgan fingerprint density at radius 3 is 3.00 bits per heavy atom. The second-order valence-corrected chi connectivity index (χ2v) is 6.09. The maximum Gasteiger partial charge on any atom is 0.163 e. The number of methoxy groups -OCH3 is 1. The molecule has 0 saturated heterocycles. The zero-order chi connectivity index (χ0) is 17.6. The van der Waals surface area contributed by atoms with Crippen LogP contribution in [-0.2, 0) is 4.79 Å². The van der Waals surface area contributed by atoms with E-state index in [1.165, 1.54) is 13.3 Å². The molecule has 1 aromatic heterocycles. The minimum absolute atomic E-state index is 0.00171. The highest BCUT2D eigenvalue weighted by Gasteiger charge is 2.36. The molecular formula is C18H16N4O3. The molecule has 25 heavy (non-hydrogen) atoms. The van der Waals surface area contributed by atoms with Crippen LogP contribution >= 0.6 is 0 Å². The van der Waals surface area contributed by atoms with Crippen molar-refractivity contribution in [2.75, 3.05) is 12.4 Å². The molecule has 4 rings (SSSR count). The summed E-state index contributed by atoms with van der Waals surface area (Å²) >= 11 is 0. The molecular weight excluding hydrogens is 320 g/mol. The lowest BCUT2D eigenvalue weighted by Crippen LogP contribution is -2.31. The molecule has 0 spiro atoms. The molecule has 0 radical (unpaired) electrons. The van der Waals surface area contributed by atoms with Gasteiger partial charge < -0.3 is 15.2 Å². The summed E-state index contributed by atoms with van der Waals surface area (Å²) in [5.41, 5.74) is 2.63. The minimum Gasteiger partial charge on any atom is -0.504 e. The van der Waals surface area contributed by atoms with E-state index < -0.39 is 6.04 Å². The number of ether oxygens (including phenoxy) is 1. The van der Waals surface area contributed by atoms with Crippen LogP contribution in [0.25, 0.3) is 0 Å². The van der Waals surface area contributed by atoms with E-state index in [2.05, 4.69) is 16.5 Å². The number of Topliss-reactive ketones (excluding diaryl/α,β-unsaturated/α-hetero) is 1. The summed E-state index contributed by atoms with van der Waals surface area (Å²) in [6.45, 7) is 0. The average Bonchev–Trinajstić information content (AvgIpc) is 3.02. The highest BCUT2D eigenvalue weighted by Crippen LogP contribution is 2.42. The van der Waals surface area contributed by atoms with E-state index in [9.17, 15) is 15.2 Å². The van der Waals surface area contributed by atoms with E-state index in [1.807, 2.05) is 0 Å². The number of phenolic OH excluding ortho intramolecular Hbond substituents is 1. The molecule has 1 unspecified atom stereocenters. The van der Waals surface area contributed by atoms with Crippen molar-refractivity contribution in [1.29, 1.82) is 5.26 Å². The molecule has 2 heterocycles. The van der Waals surface area contributed by atoms with Crippen molar-refractivity contribution in [3.05, 3.63) is 46.8 Å². The average molecular weight is 336 g/mol. The number of anilines is 1. The number of hydrogen-bond acceptors (Lipinski definition) is 6. The summed E-state index contributed by atoms with van der Waals surface area (Å²) in [4.78, 5) is 12.6. The Morgan fingerprint density at radius 2 is 2.28 bits per heavy atom. The first kappa shape index (κ1) is 15.3. The number of nitriles is 1. The number of aromatic nitrogens is 2. The lowest BCUT2D eigenvalue weighted by atomic mass is 9.85. The second-order valence-electron chi connectivity index (χ2n) is 6.09. The van der Waals surface area contributed by atoms with Crippen molar-refractivity contribution in [3.63, 3.8) is 0 Å². The monoisotopic (exact) mass is 336 g/mol. The summed E-state index contributed by atoms with van der Waals surface area (Å²) < 4.78 is 6.74. The zero-order valence-electron chi connectivity index (χ0n) is 13.6. The molecule has 126 valence electrons. The highest BCUT2D eigenvalue weighted by atomic mass is 16.5. The first-order chi connectivity index (χ1) is 12.1. The Morgan fingerprint density at radius 1 is 1.44 bits per heavy atom. The van der Waals surface area contributed by atoms with Gasteiger partial charge in [0.2, 0.25) is 0 Å². The van der Waals surface area contributed by atoms with E-state index in [1.54, 1.807) is 22.9 Å². The Kier molecular flexibility index (Phi) is 3.46. The third-order valence-electron chi connectivity index (χ3n) is 4.68. The van der Waals surface area contributed by atoms with Crippen LogP contribution in [0, 0.1) is 11.3 Å². The maximum absolute atomic E-state index is 12.6. The first-order valence-corrected chi connectivity index (χ1v) is 8.01. The molecule has 0 bridgehead atoms. The van der Waals surface area contributed by atoms with Crippen molar-refractivity contribution in [2.45, 2.75) is 25.3 Å². The van der Waals surface area contributed by atoms with Crippen molar-refractivity contribution < 1.29 is 14.6 Å². The topological polar surface area (TPSA) is 100 Å². The fourth-order valence-electron chi connectivity index (χ4n) is 3.53. The van der Waals surface area contributed by atoms with Gasteiger partial charge in [-0.25, -0.2) is 4.68 Å². The van der Waals surface area contributed by atoms with Gasteiger partial charge in [-0.05, 0) is 30.5 Å². The van der Waals surface area contributed by atoms with E-state index in [4.69, 9.17) is 4.74 Å². The number of ketones is 1. The predicted octanol–water partition coefficient (Wildman–Crippen LogP) is 2.49. The van der Waals surface area contributed by atoms with Gasteiger partial charge in [0.25, 0.3) is 0 Å². The molecule has 7 heteroatoms. The highest BCUT2D eigenvalue weighted by molar-refractivity contribution is 5.99. The van der Waals surface area contributed by atoms with Crippen LogP contribution in [0.3, 0.4) is 0 Å². The van der Waals surface area contributed by atoms with Gasteiger partial charge in [0.1, 0.15) is 23.5 Å². The van der Waals surface area contributed by atoms with E-state index in [0.717, 1.165) is 24.1 Å². The molecule has 2 aliphatic rings. The number of rotatable bonds is 2. The number of nitrogens with zero attached hydrogens (tertiary/aromatic N) is 3. The van der Waals surface area contributed by atoms with Crippen LogP contribution in [0.4, 0.5) is 5.82 Å². The Hall–Kier alpha value is -3.27. The van der Waals surface area contributed by atoms with Crippen molar-refractivity contribution in [2.24, 2.45) is 0 Å². The molecule has 2 N–H and O–H groups in total. The fraction of sp³-hybridized carbons (Fsp3) is 0.278. The van der Waals surface area contributed by atoms with Gasteiger partial charge in [-0.3, -0.25) is 4.79 Å². The summed E-state index contributed by atoms with van der Waals surface area (Å²) in [5, 5.41) is 27.0. The van der Waals surface area contributed by atoms with Crippen LogP contribution in [0.1, 0.15) is 36.4 Å². The van der Waals surface area contributed by atoms with Crippen LogP contribution in [0.2, 0.25) is 0 Å². The lowest BCUT2D eigenvalue weighted by Gasteiger charge is -2.33. The summed E-state index contributed by atoms with van der Waals surface area (Å²) in [6, 6.07) is 6.69. The third-order valence-corrected chi connectivity index (χ3v) is 4.68. The van der Waals surface area contributed by atoms with Gasteiger partial charge in [-0.1, -0.05) is 6.07 Å². The minimum atomic E-state index is -0.474. The van der Waals surface area contributed by atoms with Crippen LogP contribution in [0.15, 0.2) is 35.7 Å². The van der Waals surface area contributed by atoms with Crippen LogP contribution in [-0.4, -0.2) is 27.8 Å². The van der Waals surface area contributed by atoms with Crippen LogP contribution in [0.5, 0.6) is 11.5 Å².